The van der Waals surface area contributed by atoms with Crippen molar-refractivity contribution in [3.05, 3.63) is 20.8 Å². The third-order valence-electron chi connectivity index (χ3n) is 2.84. The van der Waals surface area contributed by atoms with E-state index >= 15 is 0 Å². The van der Waals surface area contributed by atoms with Gasteiger partial charge in [0.15, 0.2) is 0 Å². The molecule has 0 aromatic carbocycles. The Labute approximate surface area is 117 Å². The van der Waals surface area contributed by atoms with Crippen molar-refractivity contribution in [1.29, 1.82) is 0 Å². The smallest absolute Gasteiger partial charge is 0.0327 e. The van der Waals surface area contributed by atoms with Gasteiger partial charge >= 0.3 is 0 Å². The predicted octanol–water partition coefficient (Wildman–Crippen LogP) is 3.61. The van der Waals surface area contributed by atoms with Crippen molar-refractivity contribution in [3.8, 4) is 0 Å². The largest absolute Gasteiger partial charge is 0.330 e. The Balaban J connectivity index is 2.16. The average molecular weight is 319 g/mol. The molecule has 0 saturated heterocycles. The van der Waals surface area contributed by atoms with Gasteiger partial charge in [0.05, 0.1) is 0 Å². The van der Waals surface area contributed by atoms with Crippen molar-refractivity contribution in [2.75, 3.05) is 13.1 Å². The Bertz CT molecular complexity index is 312. The van der Waals surface area contributed by atoms with E-state index < -0.39 is 0 Å². The van der Waals surface area contributed by atoms with Crippen LogP contribution in [0.4, 0.5) is 0 Å². The van der Waals surface area contributed by atoms with Gasteiger partial charge in [0.25, 0.3) is 0 Å². The van der Waals surface area contributed by atoms with Crippen LogP contribution in [-0.2, 0) is 6.54 Å². The molecule has 0 radical (unpaired) electrons. The third kappa shape index (κ3) is 6.00. The lowest BCUT2D eigenvalue weighted by molar-refractivity contribution is 0.386. The molecule has 1 unspecified atom stereocenters. The zero-order valence-electron chi connectivity index (χ0n) is 10.7. The summed E-state index contributed by atoms with van der Waals surface area (Å²) < 4.78 is 1.22. The molecule has 17 heavy (non-hydrogen) atoms. The first-order valence-electron chi connectivity index (χ1n) is 6.26. The van der Waals surface area contributed by atoms with E-state index in [0.717, 1.165) is 25.6 Å². The molecule has 0 saturated carbocycles. The Kier molecular flexibility index (Phi) is 7.35. The van der Waals surface area contributed by atoms with Crippen molar-refractivity contribution in [2.45, 2.75) is 33.2 Å². The molecule has 1 aromatic heterocycles. The van der Waals surface area contributed by atoms with Crippen LogP contribution < -0.4 is 11.1 Å². The van der Waals surface area contributed by atoms with Gasteiger partial charge in [0.2, 0.25) is 0 Å². The molecule has 0 amide bonds. The standard InChI is InChI=1S/C13H23BrN2S/c1-10(2)7-11(8-15)3-5-16-9-13-12(14)4-6-17-13/h4,6,10-11,16H,3,5,7-9,15H2,1-2H3. The normalized spacial score (nSPS) is 13.2. The summed E-state index contributed by atoms with van der Waals surface area (Å²) in [5, 5.41) is 5.61. The van der Waals surface area contributed by atoms with Crippen LogP contribution in [0.3, 0.4) is 0 Å². The van der Waals surface area contributed by atoms with Crippen LogP contribution in [0, 0.1) is 11.8 Å². The van der Waals surface area contributed by atoms with Gasteiger partial charge in [-0.2, -0.15) is 0 Å². The SMILES string of the molecule is CC(C)CC(CN)CCNCc1sccc1Br. The van der Waals surface area contributed by atoms with E-state index in [-0.39, 0.29) is 0 Å². The molecule has 1 rings (SSSR count). The number of rotatable bonds is 8. The van der Waals surface area contributed by atoms with Gasteiger partial charge in [0.1, 0.15) is 0 Å². The number of hydrogen-bond acceptors (Lipinski definition) is 3. The fraction of sp³-hybridized carbons (Fsp3) is 0.692. The van der Waals surface area contributed by atoms with Gasteiger partial charge in [-0.15, -0.1) is 11.3 Å². The first kappa shape index (κ1) is 15.2. The van der Waals surface area contributed by atoms with Crippen molar-refractivity contribution in [3.63, 3.8) is 0 Å². The van der Waals surface area contributed by atoms with Gasteiger partial charge in [-0.05, 0) is 65.1 Å². The molecule has 0 spiro atoms. The van der Waals surface area contributed by atoms with Crippen LogP contribution in [0.2, 0.25) is 0 Å². The second-order valence-corrected chi connectivity index (χ2v) is 6.74. The highest BCUT2D eigenvalue weighted by Gasteiger charge is 2.08. The second-order valence-electron chi connectivity index (χ2n) is 4.89. The van der Waals surface area contributed by atoms with Gasteiger partial charge in [-0.25, -0.2) is 0 Å². The molecule has 0 bridgehead atoms. The number of halogens is 1. The number of hydrogen-bond donors (Lipinski definition) is 2. The second kappa shape index (κ2) is 8.25. The number of thiophene rings is 1. The molecule has 3 N–H and O–H groups in total. The van der Waals surface area contributed by atoms with E-state index in [1.54, 1.807) is 11.3 Å². The molecule has 2 nitrogen and oxygen atoms in total. The first-order chi connectivity index (χ1) is 8.13. The lowest BCUT2D eigenvalue weighted by Crippen LogP contribution is -2.23. The summed E-state index contributed by atoms with van der Waals surface area (Å²) >= 11 is 5.33. The van der Waals surface area contributed by atoms with Gasteiger partial charge in [-0.3, -0.25) is 0 Å². The van der Waals surface area contributed by atoms with Crippen molar-refractivity contribution in [2.24, 2.45) is 17.6 Å². The molecular weight excluding hydrogens is 296 g/mol. The van der Waals surface area contributed by atoms with Crippen molar-refractivity contribution in [1.82, 2.24) is 5.32 Å². The quantitative estimate of drug-likeness (QED) is 0.718. The van der Waals surface area contributed by atoms with Gasteiger partial charge < -0.3 is 11.1 Å². The summed E-state index contributed by atoms with van der Waals surface area (Å²) in [6, 6.07) is 2.10. The van der Waals surface area contributed by atoms with Gasteiger partial charge in [0, 0.05) is 15.9 Å². The lowest BCUT2D eigenvalue weighted by atomic mass is 9.94. The summed E-state index contributed by atoms with van der Waals surface area (Å²) in [6.45, 7) is 7.34. The van der Waals surface area contributed by atoms with Crippen LogP contribution in [0.15, 0.2) is 15.9 Å². The molecule has 0 aliphatic carbocycles. The van der Waals surface area contributed by atoms with Crippen LogP contribution in [0.25, 0.3) is 0 Å². The molecule has 1 atom stereocenters. The summed E-state index contributed by atoms with van der Waals surface area (Å²) in [6.07, 6.45) is 2.42. The zero-order chi connectivity index (χ0) is 12.7. The topological polar surface area (TPSA) is 38.0 Å². The molecule has 1 aromatic rings. The molecule has 4 heteroatoms. The van der Waals surface area contributed by atoms with E-state index in [2.05, 4.69) is 46.5 Å². The van der Waals surface area contributed by atoms with E-state index in [1.807, 2.05) is 0 Å². The van der Waals surface area contributed by atoms with Crippen molar-refractivity contribution < 1.29 is 0 Å². The minimum atomic E-state index is 0.661. The Morgan fingerprint density at radius 1 is 1.47 bits per heavy atom. The minimum Gasteiger partial charge on any atom is -0.330 e. The lowest BCUT2D eigenvalue weighted by Gasteiger charge is -2.17. The van der Waals surface area contributed by atoms with Crippen LogP contribution >= 0.6 is 27.3 Å². The summed E-state index contributed by atoms with van der Waals surface area (Å²) in [5.74, 6) is 1.41. The summed E-state index contributed by atoms with van der Waals surface area (Å²) in [4.78, 5) is 1.37. The molecular formula is C13H23BrN2S. The van der Waals surface area contributed by atoms with Gasteiger partial charge in [-0.1, -0.05) is 13.8 Å². The Morgan fingerprint density at radius 2 is 2.24 bits per heavy atom. The first-order valence-corrected chi connectivity index (χ1v) is 7.93. The molecule has 98 valence electrons. The van der Waals surface area contributed by atoms with E-state index in [1.165, 1.54) is 22.2 Å². The fourth-order valence-corrected chi connectivity index (χ4v) is 3.42. The molecule has 0 fully saturated rings. The highest BCUT2D eigenvalue weighted by atomic mass is 79.9. The number of nitrogens with one attached hydrogen (secondary N) is 1. The monoisotopic (exact) mass is 318 g/mol. The Morgan fingerprint density at radius 3 is 2.76 bits per heavy atom. The maximum atomic E-state index is 5.79. The number of nitrogens with two attached hydrogens (primary N) is 1. The average Bonchev–Trinajstić information content (AvgIpc) is 2.68. The van der Waals surface area contributed by atoms with Crippen LogP contribution in [-0.4, -0.2) is 13.1 Å². The van der Waals surface area contributed by atoms with Crippen LogP contribution in [0.1, 0.15) is 31.6 Å². The molecule has 0 aliphatic rings. The maximum absolute atomic E-state index is 5.79. The van der Waals surface area contributed by atoms with E-state index in [4.69, 9.17) is 5.73 Å². The highest BCUT2D eigenvalue weighted by Crippen LogP contribution is 2.22. The highest BCUT2D eigenvalue weighted by molar-refractivity contribution is 9.10. The van der Waals surface area contributed by atoms with Crippen LogP contribution in [0.5, 0.6) is 0 Å². The maximum Gasteiger partial charge on any atom is 0.0327 e. The Hall–Kier alpha value is 0.100. The zero-order valence-corrected chi connectivity index (χ0v) is 13.1. The third-order valence-corrected chi connectivity index (χ3v) is 4.77. The molecule has 0 aliphatic heterocycles. The summed E-state index contributed by atoms with van der Waals surface area (Å²) in [5.41, 5.74) is 5.79. The fourth-order valence-electron chi connectivity index (χ4n) is 1.96. The molecule has 1 heterocycles. The minimum absolute atomic E-state index is 0.661. The summed E-state index contributed by atoms with van der Waals surface area (Å²) in [7, 11) is 0. The van der Waals surface area contributed by atoms with E-state index in [9.17, 15) is 0 Å². The van der Waals surface area contributed by atoms with Crippen molar-refractivity contribution >= 4 is 27.3 Å². The predicted molar refractivity (Wildman–Crippen MR) is 80.3 cm³/mol. The van der Waals surface area contributed by atoms with E-state index in [0.29, 0.717) is 5.92 Å².